The molecule has 3 unspecified atom stereocenters. The third-order valence-electron chi connectivity index (χ3n) is 14.1. The summed E-state index contributed by atoms with van der Waals surface area (Å²) in [5, 5.41) is 13.9. The first-order valence-corrected chi connectivity index (χ1v) is 34.4. The summed E-state index contributed by atoms with van der Waals surface area (Å²) in [4.78, 5) is 25.5. The average Bonchev–Trinajstić information content (AvgIpc) is 3.42. The number of aliphatic hydroxyl groups excluding tert-OH is 1. The van der Waals surface area contributed by atoms with E-state index in [1.807, 2.05) is 27.2 Å². The number of phosphoric acid groups is 1. The van der Waals surface area contributed by atoms with Gasteiger partial charge >= 0.3 is 0 Å². The number of rotatable bonds is 59. The van der Waals surface area contributed by atoms with Crippen LogP contribution in [0.2, 0.25) is 0 Å². The van der Waals surface area contributed by atoms with Gasteiger partial charge in [0.2, 0.25) is 5.91 Å². The van der Waals surface area contributed by atoms with Crippen LogP contribution in [0.1, 0.15) is 271 Å². The molecular formula is C71H125N2O6P. The molecule has 0 radical (unpaired) electrons. The molecule has 0 fully saturated rings. The van der Waals surface area contributed by atoms with Crippen molar-refractivity contribution in [1.82, 2.24) is 5.32 Å². The van der Waals surface area contributed by atoms with Crippen molar-refractivity contribution in [1.29, 1.82) is 0 Å². The van der Waals surface area contributed by atoms with Crippen LogP contribution in [0, 0.1) is 0 Å². The molecule has 1 amide bonds. The molecule has 0 aromatic rings. The summed E-state index contributed by atoms with van der Waals surface area (Å²) >= 11 is 0. The van der Waals surface area contributed by atoms with Gasteiger partial charge in [0.25, 0.3) is 7.82 Å². The van der Waals surface area contributed by atoms with Crippen LogP contribution in [-0.2, 0) is 18.4 Å². The minimum Gasteiger partial charge on any atom is -0.756 e. The van der Waals surface area contributed by atoms with E-state index in [2.05, 4.69) is 129 Å². The Bertz CT molecular complexity index is 1720. The number of hydrogen-bond donors (Lipinski definition) is 2. The maximum atomic E-state index is 13.0. The lowest BCUT2D eigenvalue weighted by molar-refractivity contribution is -0.870. The maximum Gasteiger partial charge on any atom is 0.268 e. The highest BCUT2D eigenvalue weighted by Crippen LogP contribution is 2.38. The SMILES string of the molecule is CC/C=C\C/C=C\C/C=C\C/C=C\C/C=C\C/C=C\C/C=C\CCCCCCCCCCCCCCCCCCCCCC(=O)NC(COP(=O)([O-])OCC[N+](C)(C)C)C(O)/C=C/CC/C=C/CC/C=C/CCCCCCCCC. The number of unbranched alkanes of at least 4 members (excludes halogenated alkanes) is 28. The van der Waals surface area contributed by atoms with Gasteiger partial charge in [0.1, 0.15) is 13.2 Å². The van der Waals surface area contributed by atoms with Gasteiger partial charge in [0.05, 0.1) is 39.9 Å². The van der Waals surface area contributed by atoms with Crippen molar-refractivity contribution >= 4 is 13.7 Å². The summed E-state index contributed by atoms with van der Waals surface area (Å²) in [6.07, 6.45) is 90.3. The van der Waals surface area contributed by atoms with Gasteiger partial charge in [-0.2, -0.15) is 0 Å². The van der Waals surface area contributed by atoms with Gasteiger partial charge in [-0.25, -0.2) is 0 Å². The molecule has 8 nitrogen and oxygen atoms in total. The molecule has 0 rings (SSSR count). The van der Waals surface area contributed by atoms with E-state index in [1.165, 1.54) is 161 Å². The van der Waals surface area contributed by atoms with Crippen molar-refractivity contribution in [2.24, 2.45) is 0 Å². The predicted octanol–water partition coefficient (Wildman–Crippen LogP) is 20.2. The van der Waals surface area contributed by atoms with Crippen molar-refractivity contribution in [2.45, 2.75) is 283 Å². The Hall–Kier alpha value is -3.10. The highest BCUT2D eigenvalue weighted by Gasteiger charge is 2.23. The molecule has 0 heterocycles. The number of nitrogens with one attached hydrogen (secondary N) is 1. The van der Waals surface area contributed by atoms with Gasteiger partial charge < -0.3 is 28.8 Å². The number of phosphoric ester groups is 1. The van der Waals surface area contributed by atoms with Crippen molar-refractivity contribution in [3.8, 4) is 0 Å². The molecule has 3 atom stereocenters. The average molecular weight is 1130 g/mol. The summed E-state index contributed by atoms with van der Waals surface area (Å²) in [6.45, 7) is 4.50. The van der Waals surface area contributed by atoms with E-state index >= 15 is 0 Å². The molecule has 0 aliphatic heterocycles. The van der Waals surface area contributed by atoms with Gasteiger partial charge in [0, 0.05) is 6.42 Å². The summed E-state index contributed by atoms with van der Waals surface area (Å²) in [7, 11) is 1.23. The third-order valence-corrected chi connectivity index (χ3v) is 15.1. The number of quaternary nitrogens is 1. The standard InChI is InChI=1S/C71H125N2O6P/c1-6-8-10-12-14-16-18-20-22-24-25-26-27-28-29-30-31-32-33-34-35-36-37-38-39-40-41-42-43-44-45-46-47-49-51-53-55-57-59-61-63-65-71(75)72-69(68-79-80(76,77)78-67-66-73(3,4)5)70(74)64-62-60-58-56-54-52-50-48-23-21-19-17-15-13-11-9-7-2/h8,10,14,16,20,22-23,25-26,28-29,31-32,34-35,48,54,56,62,64,69-70,74H,6-7,9,11-13,15,17-19,21,24,27,30,33,36-47,49-53,55,57-61,63,65-68H2,1-5H3,(H-,72,75,76,77)/b10-8-,16-14-,22-20-,26-25-,29-28-,32-31-,35-34-,48-23+,56-54+,64-62+. The Labute approximate surface area is 494 Å². The Morgan fingerprint density at radius 1 is 0.450 bits per heavy atom. The first kappa shape index (κ1) is 76.9. The second kappa shape index (κ2) is 60.5. The first-order valence-electron chi connectivity index (χ1n) is 32.9. The quantitative estimate of drug-likeness (QED) is 0.0272. The zero-order chi connectivity index (χ0) is 58.4. The van der Waals surface area contributed by atoms with E-state index in [0.717, 1.165) is 89.9 Å². The van der Waals surface area contributed by atoms with E-state index in [-0.39, 0.29) is 12.5 Å². The molecule has 80 heavy (non-hydrogen) atoms. The lowest BCUT2D eigenvalue weighted by atomic mass is 10.0. The number of allylic oxidation sites excluding steroid dienone is 19. The number of nitrogens with zero attached hydrogens (tertiary/aromatic N) is 1. The normalized spacial score (nSPS) is 14.5. The Morgan fingerprint density at radius 3 is 1.16 bits per heavy atom. The fourth-order valence-electron chi connectivity index (χ4n) is 9.05. The molecule has 2 N–H and O–H groups in total. The fraction of sp³-hybridized carbons (Fsp3) is 0.704. The smallest absolute Gasteiger partial charge is 0.268 e. The van der Waals surface area contributed by atoms with Crippen LogP contribution in [-0.4, -0.2) is 68.5 Å². The van der Waals surface area contributed by atoms with Crippen LogP contribution in [0.15, 0.2) is 122 Å². The second-order valence-corrected chi connectivity index (χ2v) is 24.5. The number of hydrogen-bond acceptors (Lipinski definition) is 6. The summed E-state index contributed by atoms with van der Waals surface area (Å²) in [6, 6.07) is -0.915. The van der Waals surface area contributed by atoms with Crippen LogP contribution in [0.3, 0.4) is 0 Å². The van der Waals surface area contributed by atoms with Crippen LogP contribution >= 0.6 is 7.82 Å². The summed E-state index contributed by atoms with van der Waals surface area (Å²) in [5.41, 5.74) is 0. The molecule has 0 bridgehead atoms. The zero-order valence-electron chi connectivity index (χ0n) is 52.5. The van der Waals surface area contributed by atoms with Crippen LogP contribution < -0.4 is 10.2 Å². The fourth-order valence-corrected chi connectivity index (χ4v) is 9.77. The van der Waals surface area contributed by atoms with Crippen LogP contribution in [0.4, 0.5) is 0 Å². The Kier molecular flexibility index (Phi) is 58.1. The molecular weight excluding hydrogens is 1010 g/mol. The molecule has 0 aromatic carbocycles. The zero-order valence-corrected chi connectivity index (χ0v) is 53.4. The van der Waals surface area contributed by atoms with E-state index in [0.29, 0.717) is 17.4 Å². The van der Waals surface area contributed by atoms with Crippen molar-refractivity contribution in [3.63, 3.8) is 0 Å². The van der Waals surface area contributed by atoms with E-state index < -0.39 is 26.6 Å². The molecule has 0 aromatic heterocycles. The van der Waals surface area contributed by atoms with Crippen LogP contribution in [0.25, 0.3) is 0 Å². The number of carbonyl (C=O) groups is 1. The van der Waals surface area contributed by atoms with Gasteiger partial charge in [-0.3, -0.25) is 9.36 Å². The van der Waals surface area contributed by atoms with E-state index in [1.54, 1.807) is 6.08 Å². The molecule has 9 heteroatoms. The van der Waals surface area contributed by atoms with E-state index in [9.17, 15) is 19.4 Å². The third kappa shape index (κ3) is 62.5. The molecule has 0 spiro atoms. The van der Waals surface area contributed by atoms with Crippen molar-refractivity contribution in [2.75, 3.05) is 40.9 Å². The summed E-state index contributed by atoms with van der Waals surface area (Å²) < 4.78 is 23.4. The Morgan fingerprint density at radius 2 is 0.775 bits per heavy atom. The molecule has 0 saturated heterocycles. The first-order chi connectivity index (χ1) is 39.0. The highest BCUT2D eigenvalue weighted by molar-refractivity contribution is 7.45. The van der Waals surface area contributed by atoms with Gasteiger partial charge in [-0.15, -0.1) is 0 Å². The minimum absolute atomic E-state index is 0.0121. The monoisotopic (exact) mass is 1130 g/mol. The molecule has 0 aliphatic carbocycles. The Balaban J connectivity index is 4.02. The second-order valence-electron chi connectivity index (χ2n) is 23.1. The van der Waals surface area contributed by atoms with Gasteiger partial charge in [-0.05, 0) is 103 Å². The van der Waals surface area contributed by atoms with Gasteiger partial charge in [0.15, 0.2) is 0 Å². The number of amides is 1. The van der Waals surface area contributed by atoms with Crippen molar-refractivity contribution < 1.29 is 32.9 Å². The largest absolute Gasteiger partial charge is 0.756 e. The summed E-state index contributed by atoms with van der Waals surface area (Å²) in [5.74, 6) is -0.212. The molecule has 0 saturated carbocycles. The van der Waals surface area contributed by atoms with Crippen LogP contribution in [0.5, 0.6) is 0 Å². The predicted molar refractivity (Wildman–Crippen MR) is 348 cm³/mol. The maximum absolute atomic E-state index is 13.0. The number of aliphatic hydroxyl groups is 1. The minimum atomic E-state index is -4.62. The lowest BCUT2D eigenvalue weighted by Crippen LogP contribution is -2.45. The topological polar surface area (TPSA) is 108 Å². The molecule has 460 valence electrons. The number of carbonyl (C=O) groups excluding carboxylic acids is 1. The van der Waals surface area contributed by atoms with E-state index in [4.69, 9.17) is 9.05 Å². The lowest BCUT2D eigenvalue weighted by Gasteiger charge is -2.29. The van der Waals surface area contributed by atoms with Crippen molar-refractivity contribution in [3.05, 3.63) is 122 Å². The number of likely N-dealkylation sites (N-methyl/N-ethyl adjacent to an activating group) is 1. The molecule has 0 aliphatic rings. The highest BCUT2D eigenvalue weighted by atomic mass is 31.2. The van der Waals surface area contributed by atoms with Gasteiger partial charge in [-0.1, -0.05) is 283 Å².